The lowest BCUT2D eigenvalue weighted by Gasteiger charge is -2.38. The molecule has 148 valence electrons. The van der Waals surface area contributed by atoms with Crippen molar-refractivity contribution in [2.45, 2.75) is 37.3 Å². The Bertz CT molecular complexity index is 850. The van der Waals surface area contributed by atoms with Gasteiger partial charge in [0.25, 0.3) is 0 Å². The molecule has 0 radical (unpaired) electrons. The molecule has 28 heavy (non-hydrogen) atoms. The number of rotatable bonds is 4. The summed E-state index contributed by atoms with van der Waals surface area (Å²) < 4.78 is 0. The third kappa shape index (κ3) is 4.18. The van der Waals surface area contributed by atoms with Gasteiger partial charge < -0.3 is 15.1 Å². The Balaban J connectivity index is 1.34. The summed E-state index contributed by atoms with van der Waals surface area (Å²) in [5, 5.41) is 12.6. The summed E-state index contributed by atoms with van der Waals surface area (Å²) >= 11 is 12.3. The van der Waals surface area contributed by atoms with Gasteiger partial charge in [-0.15, -0.1) is 5.10 Å². The zero-order valence-corrected chi connectivity index (χ0v) is 17.2. The maximum Gasteiger partial charge on any atom is 0.317 e. The van der Waals surface area contributed by atoms with Gasteiger partial charge in [0.2, 0.25) is 0 Å². The topological polar surface area (TPSA) is 61.4 Å². The van der Waals surface area contributed by atoms with Crippen LogP contribution in [0.3, 0.4) is 0 Å². The molecule has 1 saturated heterocycles. The van der Waals surface area contributed by atoms with Crippen molar-refractivity contribution in [2.75, 3.05) is 25.0 Å². The molecule has 0 unspecified atom stereocenters. The molecule has 2 aliphatic rings. The van der Waals surface area contributed by atoms with Gasteiger partial charge in [0, 0.05) is 48.3 Å². The fraction of sp³-hybridized carbons (Fsp3) is 0.450. The Hall–Kier alpha value is -2.05. The van der Waals surface area contributed by atoms with Gasteiger partial charge in [0.05, 0.1) is 6.04 Å². The summed E-state index contributed by atoms with van der Waals surface area (Å²) in [5.41, 5.74) is 1.05. The summed E-state index contributed by atoms with van der Waals surface area (Å²) in [5.74, 6) is 1.12. The molecule has 0 bridgehead atoms. The SMILES string of the molecule is CN(C(=O)N[C@H]1C[C@@H]1c1ccc(Cl)cc1Cl)[C@@H]1CCCN(c2cccnn2)C1. The zero-order valence-electron chi connectivity index (χ0n) is 15.7. The Morgan fingerprint density at radius 2 is 2.18 bits per heavy atom. The molecule has 2 amide bonds. The molecule has 1 aliphatic heterocycles. The minimum absolute atomic E-state index is 0.0384. The molecule has 0 spiro atoms. The first kappa shape index (κ1) is 19.3. The van der Waals surface area contributed by atoms with Crippen LogP contribution >= 0.6 is 23.2 Å². The van der Waals surface area contributed by atoms with Gasteiger partial charge >= 0.3 is 6.03 Å². The lowest BCUT2D eigenvalue weighted by Crippen LogP contribution is -2.52. The van der Waals surface area contributed by atoms with Crippen molar-refractivity contribution in [3.63, 3.8) is 0 Å². The third-order valence-corrected chi connectivity index (χ3v) is 6.17. The van der Waals surface area contributed by atoms with E-state index in [-0.39, 0.29) is 24.0 Å². The molecule has 1 aliphatic carbocycles. The van der Waals surface area contributed by atoms with Gasteiger partial charge in [0.1, 0.15) is 0 Å². The van der Waals surface area contributed by atoms with Gasteiger partial charge in [-0.2, -0.15) is 5.10 Å². The predicted molar refractivity (Wildman–Crippen MR) is 111 cm³/mol. The van der Waals surface area contributed by atoms with Crippen molar-refractivity contribution >= 4 is 35.1 Å². The van der Waals surface area contributed by atoms with Crippen LogP contribution < -0.4 is 10.2 Å². The van der Waals surface area contributed by atoms with Crippen molar-refractivity contribution in [1.82, 2.24) is 20.4 Å². The number of carbonyl (C=O) groups is 1. The van der Waals surface area contributed by atoms with E-state index in [4.69, 9.17) is 23.2 Å². The molecule has 3 atom stereocenters. The molecular formula is C20H23Cl2N5O. The number of piperidine rings is 1. The first-order chi connectivity index (χ1) is 13.5. The van der Waals surface area contributed by atoms with Crippen molar-refractivity contribution in [3.8, 4) is 0 Å². The summed E-state index contributed by atoms with van der Waals surface area (Å²) in [6.07, 6.45) is 4.57. The maximum absolute atomic E-state index is 12.8. The monoisotopic (exact) mass is 419 g/mol. The fourth-order valence-electron chi connectivity index (χ4n) is 3.87. The Morgan fingerprint density at radius 1 is 1.32 bits per heavy atom. The first-order valence-corrected chi connectivity index (χ1v) is 10.3. The van der Waals surface area contributed by atoms with E-state index in [0.29, 0.717) is 10.0 Å². The number of hydrogen-bond donors (Lipinski definition) is 1. The minimum Gasteiger partial charge on any atom is -0.353 e. The number of nitrogens with zero attached hydrogens (tertiary/aromatic N) is 4. The number of carbonyl (C=O) groups excluding carboxylic acids is 1. The fourth-order valence-corrected chi connectivity index (χ4v) is 4.42. The Labute approximate surface area is 174 Å². The molecular weight excluding hydrogens is 397 g/mol. The number of anilines is 1. The van der Waals surface area contributed by atoms with Crippen LogP contribution in [0.1, 0.15) is 30.7 Å². The number of urea groups is 1. The van der Waals surface area contributed by atoms with Crippen LogP contribution in [-0.4, -0.2) is 53.3 Å². The lowest BCUT2D eigenvalue weighted by atomic mass is 10.0. The Morgan fingerprint density at radius 3 is 2.93 bits per heavy atom. The quantitative estimate of drug-likeness (QED) is 0.814. The maximum atomic E-state index is 12.8. The number of halogens is 2. The van der Waals surface area contributed by atoms with E-state index in [1.165, 1.54) is 0 Å². The number of benzene rings is 1. The number of amides is 2. The standard InChI is InChI=1S/C20H23Cl2N5O/c1-26(14-4-3-9-27(12-14)19-5-2-8-23-25-19)20(28)24-18-11-16(18)15-7-6-13(21)10-17(15)22/h2,5-8,10,14,16,18H,3-4,9,11-12H2,1H3,(H,24,28)/t14-,16-,18+/m1/s1. The minimum atomic E-state index is -0.0384. The molecule has 2 fully saturated rings. The molecule has 1 N–H and O–H groups in total. The summed E-state index contributed by atoms with van der Waals surface area (Å²) in [6.45, 7) is 1.70. The molecule has 1 aromatic carbocycles. The van der Waals surface area contributed by atoms with Crippen LogP contribution in [0.5, 0.6) is 0 Å². The highest BCUT2D eigenvalue weighted by Crippen LogP contribution is 2.44. The van der Waals surface area contributed by atoms with Gasteiger partial charge in [-0.25, -0.2) is 4.79 Å². The Kier molecular flexibility index (Phi) is 5.60. The van der Waals surface area contributed by atoms with Crippen LogP contribution in [0, 0.1) is 0 Å². The van der Waals surface area contributed by atoms with E-state index in [1.807, 2.05) is 36.2 Å². The summed E-state index contributed by atoms with van der Waals surface area (Å²) in [7, 11) is 1.87. The zero-order chi connectivity index (χ0) is 19.7. The number of nitrogens with one attached hydrogen (secondary N) is 1. The van der Waals surface area contributed by atoms with Crippen LogP contribution in [0.15, 0.2) is 36.5 Å². The molecule has 4 rings (SSSR count). The van der Waals surface area contributed by atoms with Gasteiger partial charge in [-0.3, -0.25) is 0 Å². The van der Waals surface area contributed by atoms with E-state index in [1.54, 1.807) is 12.3 Å². The van der Waals surface area contributed by atoms with Crippen LogP contribution in [0.2, 0.25) is 10.0 Å². The average molecular weight is 420 g/mol. The van der Waals surface area contributed by atoms with Gasteiger partial charge in [-0.05, 0) is 49.1 Å². The van der Waals surface area contributed by atoms with Crippen LogP contribution in [0.4, 0.5) is 10.6 Å². The molecule has 6 nitrogen and oxygen atoms in total. The molecule has 2 aromatic rings. The lowest BCUT2D eigenvalue weighted by molar-refractivity contribution is 0.182. The highest BCUT2D eigenvalue weighted by molar-refractivity contribution is 6.35. The van der Waals surface area contributed by atoms with E-state index in [2.05, 4.69) is 20.4 Å². The third-order valence-electron chi connectivity index (χ3n) is 5.61. The predicted octanol–water partition coefficient (Wildman–Crippen LogP) is 3.95. The largest absolute Gasteiger partial charge is 0.353 e. The highest BCUT2D eigenvalue weighted by atomic mass is 35.5. The first-order valence-electron chi connectivity index (χ1n) is 9.54. The molecule has 1 saturated carbocycles. The van der Waals surface area contributed by atoms with Crippen molar-refractivity contribution in [1.29, 1.82) is 0 Å². The number of hydrogen-bond acceptors (Lipinski definition) is 4. The second kappa shape index (κ2) is 8.13. The highest BCUT2D eigenvalue weighted by Gasteiger charge is 2.41. The van der Waals surface area contributed by atoms with Gasteiger partial charge in [0.15, 0.2) is 5.82 Å². The van der Waals surface area contributed by atoms with Gasteiger partial charge in [-0.1, -0.05) is 29.3 Å². The van der Waals surface area contributed by atoms with E-state index < -0.39 is 0 Å². The van der Waals surface area contributed by atoms with Crippen molar-refractivity contribution < 1.29 is 4.79 Å². The van der Waals surface area contributed by atoms with Crippen molar-refractivity contribution in [3.05, 3.63) is 52.1 Å². The molecule has 8 heteroatoms. The molecule has 2 heterocycles. The normalized spacial score (nSPS) is 24.0. The average Bonchev–Trinajstić information content (AvgIpc) is 3.46. The number of likely N-dealkylation sites (N-methyl/N-ethyl adjacent to an activating group) is 1. The smallest absolute Gasteiger partial charge is 0.317 e. The van der Waals surface area contributed by atoms with Crippen LogP contribution in [-0.2, 0) is 0 Å². The van der Waals surface area contributed by atoms with Crippen molar-refractivity contribution in [2.24, 2.45) is 0 Å². The van der Waals surface area contributed by atoms with E-state index in [9.17, 15) is 4.79 Å². The van der Waals surface area contributed by atoms with E-state index in [0.717, 1.165) is 43.7 Å². The number of aromatic nitrogens is 2. The van der Waals surface area contributed by atoms with E-state index >= 15 is 0 Å². The second-order valence-corrected chi connectivity index (χ2v) is 8.34. The summed E-state index contributed by atoms with van der Waals surface area (Å²) in [4.78, 5) is 16.8. The molecule has 1 aromatic heterocycles. The second-order valence-electron chi connectivity index (χ2n) is 7.50. The summed E-state index contributed by atoms with van der Waals surface area (Å²) in [6, 6.07) is 9.62. The van der Waals surface area contributed by atoms with Crippen LogP contribution in [0.25, 0.3) is 0 Å².